The van der Waals surface area contributed by atoms with Gasteiger partial charge in [-0.2, -0.15) is 0 Å². The lowest BCUT2D eigenvalue weighted by Crippen LogP contribution is -2.26. The molecule has 2 N–H and O–H groups in total. The van der Waals surface area contributed by atoms with Gasteiger partial charge >= 0.3 is 0 Å². The molecule has 0 amide bonds. The van der Waals surface area contributed by atoms with Crippen LogP contribution in [0.5, 0.6) is 0 Å². The molecule has 0 fully saturated rings. The largest absolute Gasteiger partial charge is 0.358 e. The molecule has 1 aliphatic rings. The van der Waals surface area contributed by atoms with Crippen molar-refractivity contribution in [1.29, 1.82) is 0 Å². The minimum atomic E-state index is -2.61. The number of hydrogen-bond donors (Lipinski definition) is 3. The van der Waals surface area contributed by atoms with E-state index in [2.05, 4.69) is 23.6 Å². The van der Waals surface area contributed by atoms with Crippen LogP contribution in [0.15, 0.2) is 24.3 Å². The normalized spacial score (nSPS) is 16.4. The third-order valence-electron chi connectivity index (χ3n) is 4.49. The van der Waals surface area contributed by atoms with Gasteiger partial charge in [0.1, 0.15) is 0 Å². The van der Waals surface area contributed by atoms with Gasteiger partial charge in [0, 0.05) is 29.9 Å². The molecule has 6 heteroatoms. The topological polar surface area (TPSA) is 79.0 Å². The SMILES string of the molecule is Cc1[nH]c(-c2cccc(CN[SH](=O)=O)c2)c2c1C(=O)CC(C)(C)C2. The van der Waals surface area contributed by atoms with Gasteiger partial charge in [-0.25, -0.2) is 13.1 Å². The summed E-state index contributed by atoms with van der Waals surface area (Å²) in [5.41, 5.74) is 5.60. The Bertz CT molecular complexity index is 870. The molecule has 1 heterocycles. The second kappa shape index (κ2) is 6.18. The van der Waals surface area contributed by atoms with Crippen LogP contribution in [-0.4, -0.2) is 19.2 Å². The highest BCUT2D eigenvalue weighted by Crippen LogP contribution is 2.40. The minimum absolute atomic E-state index is 0.0480. The molecule has 5 nitrogen and oxygen atoms in total. The number of H-pyrrole nitrogens is 1. The number of nitrogens with one attached hydrogen (secondary N) is 2. The van der Waals surface area contributed by atoms with E-state index in [1.807, 2.05) is 31.2 Å². The molecule has 0 aliphatic heterocycles. The Hall–Kier alpha value is -1.92. The summed E-state index contributed by atoms with van der Waals surface area (Å²) >= 11 is 0. The number of ketones is 1. The van der Waals surface area contributed by atoms with Gasteiger partial charge in [0.05, 0.1) is 0 Å². The quantitative estimate of drug-likeness (QED) is 0.745. The number of rotatable bonds is 4. The number of aromatic amines is 1. The van der Waals surface area contributed by atoms with E-state index in [1.54, 1.807) is 0 Å². The third kappa shape index (κ3) is 3.30. The van der Waals surface area contributed by atoms with Crippen LogP contribution in [0, 0.1) is 12.3 Å². The fourth-order valence-electron chi connectivity index (χ4n) is 3.53. The van der Waals surface area contributed by atoms with Crippen molar-refractivity contribution >= 4 is 16.7 Å². The lowest BCUT2D eigenvalue weighted by Gasteiger charge is -2.29. The molecule has 1 aromatic carbocycles. The highest BCUT2D eigenvalue weighted by molar-refractivity contribution is 7.70. The van der Waals surface area contributed by atoms with Crippen LogP contribution in [0.4, 0.5) is 0 Å². The molecular weight excluding hydrogens is 324 g/mol. The first-order valence-electron chi connectivity index (χ1n) is 7.99. The molecule has 3 rings (SSSR count). The zero-order chi connectivity index (χ0) is 17.5. The Kier molecular flexibility index (Phi) is 4.36. The van der Waals surface area contributed by atoms with Crippen LogP contribution in [0.1, 0.15) is 47.4 Å². The lowest BCUT2D eigenvalue weighted by atomic mass is 9.73. The molecule has 0 atom stereocenters. The Labute approximate surface area is 143 Å². The molecule has 0 saturated carbocycles. The van der Waals surface area contributed by atoms with Crippen molar-refractivity contribution in [1.82, 2.24) is 9.71 Å². The molecule has 24 heavy (non-hydrogen) atoms. The number of carbonyl (C=O) groups excluding carboxylic acids is 1. The summed E-state index contributed by atoms with van der Waals surface area (Å²) in [5.74, 6) is 0.197. The van der Waals surface area contributed by atoms with Crippen LogP contribution in [-0.2, 0) is 23.9 Å². The molecule has 1 aliphatic carbocycles. The van der Waals surface area contributed by atoms with Crippen molar-refractivity contribution < 1.29 is 13.2 Å². The number of aromatic nitrogens is 1. The van der Waals surface area contributed by atoms with Gasteiger partial charge in [0.15, 0.2) is 5.78 Å². The highest BCUT2D eigenvalue weighted by Gasteiger charge is 2.35. The van der Waals surface area contributed by atoms with E-state index >= 15 is 0 Å². The average Bonchev–Trinajstić information content (AvgIpc) is 2.81. The van der Waals surface area contributed by atoms with E-state index in [0.29, 0.717) is 6.42 Å². The minimum Gasteiger partial charge on any atom is -0.358 e. The van der Waals surface area contributed by atoms with Crippen molar-refractivity contribution in [3.63, 3.8) is 0 Å². The van der Waals surface area contributed by atoms with Gasteiger partial charge in [0.25, 0.3) is 0 Å². The van der Waals surface area contributed by atoms with E-state index in [0.717, 1.165) is 40.1 Å². The highest BCUT2D eigenvalue weighted by atomic mass is 32.2. The van der Waals surface area contributed by atoms with Gasteiger partial charge in [-0.05, 0) is 41.5 Å². The second-order valence-electron chi connectivity index (χ2n) is 7.21. The molecular formula is C18H22N2O3S. The van der Waals surface area contributed by atoms with Crippen molar-refractivity contribution in [2.24, 2.45) is 5.41 Å². The molecule has 2 aromatic rings. The van der Waals surface area contributed by atoms with Crippen molar-refractivity contribution in [3.8, 4) is 11.3 Å². The lowest BCUT2D eigenvalue weighted by molar-refractivity contribution is 0.0912. The fraction of sp³-hybridized carbons (Fsp3) is 0.389. The smallest absolute Gasteiger partial charge is 0.201 e. The number of Topliss-reactive ketones (excluding diaryl/α,β-unsaturated/α-hetero) is 1. The maximum Gasteiger partial charge on any atom is 0.201 e. The van der Waals surface area contributed by atoms with Gasteiger partial charge in [-0.15, -0.1) is 0 Å². The summed E-state index contributed by atoms with van der Waals surface area (Å²) in [5, 5.41) is 0. The Morgan fingerprint density at radius 1 is 1.25 bits per heavy atom. The van der Waals surface area contributed by atoms with Crippen LogP contribution in [0.2, 0.25) is 0 Å². The molecule has 0 spiro atoms. The molecule has 128 valence electrons. The first-order valence-corrected chi connectivity index (χ1v) is 9.16. The Balaban J connectivity index is 2.04. The third-order valence-corrected chi connectivity index (χ3v) is 4.91. The molecule has 1 aromatic heterocycles. The summed E-state index contributed by atoms with van der Waals surface area (Å²) in [6.07, 6.45) is 1.42. The zero-order valence-corrected chi connectivity index (χ0v) is 15.0. The van der Waals surface area contributed by atoms with E-state index < -0.39 is 10.9 Å². The van der Waals surface area contributed by atoms with Gasteiger partial charge in [0.2, 0.25) is 10.9 Å². The first-order chi connectivity index (χ1) is 11.3. The zero-order valence-electron chi connectivity index (χ0n) is 14.1. The Morgan fingerprint density at radius 2 is 2.00 bits per heavy atom. The van der Waals surface area contributed by atoms with Crippen molar-refractivity contribution in [2.45, 2.75) is 40.2 Å². The first kappa shape index (κ1) is 16.9. The van der Waals surface area contributed by atoms with Crippen LogP contribution >= 0.6 is 0 Å². The van der Waals surface area contributed by atoms with Gasteiger partial charge in [-0.3, -0.25) is 4.79 Å². The van der Waals surface area contributed by atoms with E-state index in [-0.39, 0.29) is 17.7 Å². The number of aryl methyl sites for hydroxylation is 1. The number of hydrogen-bond acceptors (Lipinski definition) is 3. The molecule has 0 radical (unpaired) electrons. The summed E-state index contributed by atoms with van der Waals surface area (Å²) < 4.78 is 23.8. The fourth-order valence-corrected chi connectivity index (χ4v) is 3.85. The standard InChI is InChI=1S/C18H22N2O3S/c1-11-16-14(8-18(2,3)9-15(16)21)17(20-11)13-6-4-5-12(7-13)10-19-24(22)23/h4-7,20,24H,8-10H2,1-3H3,(H,19,22,23). The maximum absolute atomic E-state index is 12.5. The number of fused-ring (bicyclic) bond motifs is 1. The summed E-state index contributed by atoms with van der Waals surface area (Å²) in [7, 11) is -2.61. The van der Waals surface area contributed by atoms with Crippen LogP contribution in [0.3, 0.4) is 0 Å². The van der Waals surface area contributed by atoms with Gasteiger partial charge < -0.3 is 4.98 Å². The van der Waals surface area contributed by atoms with E-state index in [9.17, 15) is 13.2 Å². The van der Waals surface area contributed by atoms with Crippen molar-refractivity contribution in [2.75, 3.05) is 0 Å². The maximum atomic E-state index is 12.5. The number of benzene rings is 1. The molecule has 0 unspecified atom stereocenters. The predicted molar refractivity (Wildman–Crippen MR) is 94.6 cm³/mol. The monoisotopic (exact) mass is 346 g/mol. The molecule has 0 bridgehead atoms. The number of carbonyl (C=O) groups is 1. The number of thiol groups is 1. The van der Waals surface area contributed by atoms with Crippen LogP contribution in [0.25, 0.3) is 11.3 Å². The molecule has 0 saturated heterocycles. The second-order valence-corrected chi connectivity index (χ2v) is 8.04. The Morgan fingerprint density at radius 3 is 2.71 bits per heavy atom. The average molecular weight is 346 g/mol. The van der Waals surface area contributed by atoms with Gasteiger partial charge in [-0.1, -0.05) is 32.0 Å². The van der Waals surface area contributed by atoms with Crippen molar-refractivity contribution in [3.05, 3.63) is 46.6 Å². The summed E-state index contributed by atoms with van der Waals surface area (Å²) in [6, 6.07) is 7.73. The summed E-state index contributed by atoms with van der Waals surface area (Å²) in [4.78, 5) is 15.9. The van der Waals surface area contributed by atoms with Crippen LogP contribution < -0.4 is 4.72 Å². The predicted octanol–water partition coefficient (Wildman–Crippen LogP) is 2.76. The van der Waals surface area contributed by atoms with E-state index in [4.69, 9.17) is 0 Å². The van der Waals surface area contributed by atoms with E-state index in [1.165, 1.54) is 0 Å². The summed E-state index contributed by atoms with van der Waals surface area (Å²) in [6.45, 7) is 6.43.